The Hall–Kier alpha value is -1.30. The zero-order chi connectivity index (χ0) is 8.97. The predicted molar refractivity (Wildman–Crippen MR) is 42.0 cm³/mol. The fourth-order valence-corrected chi connectivity index (χ4v) is 0.689. The van der Waals surface area contributed by atoms with Crippen molar-refractivity contribution in [3.05, 3.63) is 5.15 Å². The number of ether oxygens (including phenoxy) is 1. The van der Waals surface area contributed by atoms with E-state index in [1.807, 2.05) is 0 Å². The van der Waals surface area contributed by atoms with Crippen LogP contribution in [0.4, 0.5) is 10.6 Å². The number of nitrogens with zero attached hydrogens (tertiary/aromatic N) is 2. The smallest absolute Gasteiger partial charge is 0.412 e. The second-order valence-corrected chi connectivity index (χ2v) is 2.17. The molecule has 0 spiro atoms. The van der Waals surface area contributed by atoms with Gasteiger partial charge >= 0.3 is 6.09 Å². The summed E-state index contributed by atoms with van der Waals surface area (Å²) in [5.74, 6) is 0.162. The number of rotatable bonds is 2. The predicted octanol–water partition coefficient (Wildman–Crippen LogP) is 1.03. The Morgan fingerprint density at radius 1 is 1.75 bits per heavy atom. The molecule has 1 rings (SSSR count). The maximum Gasteiger partial charge on any atom is 0.412 e. The van der Waals surface area contributed by atoms with Gasteiger partial charge in [0.1, 0.15) is 0 Å². The van der Waals surface area contributed by atoms with E-state index < -0.39 is 6.09 Å². The fourth-order valence-electron chi connectivity index (χ4n) is 0.561. The first-order chi connectivity index (χ1) is 5.74. The molecule has 0 unspecified atom stereocenters. The molecule has 12 heavy (non-hydrogen) atoms. The van der Waals surface area contributed by atoms with E-state index in [0.717, 1.165) is 0 Å². The van der Waals surface area contributed by atoms with E-state index >= 15 is 0 Å². The van der Waals surface area contributed by atoms with Gasteiger partial charge in [-0.3, -0.25) is 5.32 Å². The Bertz CT molecular complexity index is 274. The number of carbonyl (C=O) groups excluding carboxylic acids is 1. The number of carbonyl (C=O) groups is 1. The molecule has 1 heterocycles. The van der Waals surface area contributed by atoms with Crippen molar-refractivity contribution < 1.29 is 9.53 Å². The molecule has 0 saturated heterocycles. The number of H-pyrrole nitrogens is 1. The van der Waals surface area contributed by atoms with Crippen molar-refractivity contribution in [2.45, 2.75) is 6.92 Å². The molecule has 0 aliphatic rings. The summed E-state index contributed by atoms with van der Waals surface area (Å²) < 4.78 is 4.58. The highest BCUT2D eigenvalue weighted by Crippen LogP contribution is 2.13. The molecule has 0 fully saturated rings. The van der Waals surface area contributed by atoms with E-state index in [4.69, 9.17) is 11.6 Å². The van der Waals surface area contributed by atoms with Gasteiger partial charge in [-0.25, -0.2) is 4.79 Å². The van der Waals surface area contributed by atoms with Crippen molar-refractivity contribution in [1.82, 2.24) is 15.4 Å². The molecule has 1 aromatic rings. The SMILES string of the molecule is CCOC(=O)Nc1n[nH]nc1Cl. The molecule has 66 valence electrons. The molecule has 6 nitrogen and oxygen atoms in total. The van der Waals surface area contributed by atoms with Crippen LogP contribution < -0.4 is 5.32 Å². The van der Waals surface area contributed by atoms with Gasteiger partial charge in [0.05, 0.1) is 6.61 Å². The minimum Gasteiger partial charge on any atom is -0.450 e. The number of aromatic amines is 1. The second kappa shape index (κ2) is 3.91. The van der Waals surface area contributed by atoms with Gasteiger partial charge in [0.15, 0.2) is 11.0 Å². The van der Waals surface area contributed by atoms with Gasteiger partial charge in [0, 0.05) is 0 Å². The topological polar surface area (TPSA) is 79.9 Å². The summed E-state index contributed by atoms with van der Waals surface area (Å²) in [6.07, 6.45) is -0.603. The minimum atomic E-state index is -0.603. The normalized spacial score (nSPS) is 9.50. The molecular formula is C5H7ClN4O2. The maximum absolute atomic E-state index is 10.8. The molecule has 0 bridgehead atoms. The Morgan fingerprint density at radius 2 is 2.50 bits per heavy atom. The van der Waals surface area contributed by atoms with Crippen LogP contribution in [-0.4, -0.2) is 28.1 Å². The average Bonchev–Trinajstić information content (AvgIpc) is 2.37. The Morgan fingerprint density at radius 3 is 3.00 bits per heavy atom. The molecule has 0 aromatic carbocycles. The summed E-state index contributed by atoms with van der Waals surface area (Å²) in [6.45, 7) is 1.99. The van der Waals surface area contributed by atoms with E-state index in [-0.39, 0.29) is 11.0 Å². The first kappa shape index (κ1) is 8.79. The number of hydrogen-bond acceptors (Lipinski definition) is 4. The van der Waals surface area contributed by atoms with E-state index in [9.17, 15) is 4.79 Å². The average molecular weight is 191 g/mol. The van der Waals surface area contributed by atoms with E-state index in [1.54, 1.807) is 6.92 Å². The van der Waals surface area contributed by atoms with Crippen LogP contribution in [0.25, 0.3) is 0 Å². The van der Waals surface area contributed by atoms with Gasteiger partial charge in [0.25, 0.3) is 0 Å². The largest absolute Gasteiger partial charge is 0.450 e. The molecule has 1 amide bonds. The van der Waals surface area contributed by atoms with Crippen LogP contribution in [0.2, 0.25) is 5.15 Å². The minimum absolute atomic E-state index is 0.100. The summed E-state index contributed by atoms with van der Waals surface area (Å²) in [6, 6.07) is 0. The standard InChI is InChI=1S/C5H7ClN4O2/c1-2-12-5(11)7-4-3(6)8-10-9-4/h2H2,1H3,(H2,7,8,9,10,11). The van der Waals surface area contributed by atoms with Crippen molar-refractivity contribution >= 4 is 23.5 Å². The lowest BCUT2D eigenvalue weighted by molar-refractivity contribution is 0.168. The van der Waals surface area contributed by atoms with Crippen molar-refractivity contribution in [3.8, 4) is 0 Å². The molecule has 0 radical (unpaired) electrons. The van der Waals surface area contributed by atoms with Crippen LogP contribution in [0.3, 0.4) is 0 Å². The van der Waals surface area contributed by atoms with Gasteiger partial charge in [-0.2, -0.15) is 5.21 Å². The van der Waals surface area contributed by atoms with Crippen LogP contribution in [0, 0.1) is 0 Å². The number of nitrogens with one attached hydrogen (secondary N) is 2. The number of anilines is 1. The van der Waals surface area contributed by atoms with Gasteiger partial charge in [0.2, 0.25) is 0 Å². The third-order valence-corrected chi connectivity index (χ3v) is 1.26. The van der Waals surface area contributed by atoms with Gasteiger partial charge < -0.3 is 4.74 Å². The number of aromatic nitrogens is 3. The first-order valence-electron chi connectivity index (χ1n) is 3.24. The van der Waals surface area contributed by atoms with Crippen molar-refractivity contribution in [3.63, 3.8) is 0 Å². The molecular weight excluding hydrogens is 184 g/mol. The quantitative estimate of drug-likeness (QED) is 0.730. The zero-order valence-electron chi connectivity index (χ0n) is 6.30. The number of amides is 1. The molecule has 0 aliphatic carbocycles. The molecule has 0 atom stereocenters. The van der Waals surface area contributed by atoms with Crippen molar-refractivity contribution in [1.29, 1.82) is 0 Å². The monoisotopic (exact) mass is 190 g/mol. The molecule has 2 N–H and O–H groups in total. The first-order valence-corrected chi connectivity index (χ1v) is 3.62. The fraction of sp³-hybridized carbons (Fsp3) is 0.400. The Labute approximate surface area is 73.2 Å². The van der Waals surface area contributed by atoms with Crippen LogP contribution in [0.5, 0.6) is 0 Å². The third kappa shape index (κ3) is 2.09. The second-order valence-electron chi connectivity index (χ2n) is 1.81. The lowest BCUT2D eigenvalue weighted by Gasteiger charge is -2.00. The summed E-state index contributed by atoms with van der Waals surface area (Å²) in [7, 11) is 0. The lowest BCUT2D eigenvalue weighted by Crippen LogP contribution is -2.13. The van der Waals surface area contributed by atoms with Gasteiger partial charge in [-0.1, -0.05) is 11.6 Å². The van der Waals surface area contributed by atoms with Gasteiger partial charge in [-0.05, 0) is 6.92 Å². The number of halogens is 1. The Kier molecular flexibility index (Phi) is 2.87. The van der Waals surface area contributed by atoms with Crippen LogP contribution >= 0.6 is 11.6 Å². The highest BCUT2D eigenvalue weighted by atomic mass is 35.5. The van der Waals surface area contributed by atoms with Crippen molar-refractivity contribution in [2.24, 2.45) is 0 Å². The number of hydrogen-bond donors (Lipinski definition) is 2. The van der Waals surface area contributed by atoms with Gasteiger partial charge in [-0.15, -0.1) is 10.2 Å². The molecule has 1 aromatic heterocycles. The van der Waals surface area contributed by atoms with Crippen LogP contribution in [0.15, 0.2) is 0 Å². The Balaban J connectivity index is 2.52. The highest BCUT2D eigenvalue weighted by molar-refractivity contribution is 6.32. The summed E-state index contributed by atoms with van der Waals surface area (Å²) in [4.78, 5) is 10.8. The maximum atomic E-state index is 10.8. The summed E-state index contributed by atoms with van der Waals surface area (Å²) in [5.41, 5.74) is 0. The van der Waals surface area contributed by atoms with E-state index in [0.29, 0.717) is 6.61 Å². The van der Waals surface area contributed by atoms with E-state index in [2.05, 4.69) is 25.5 Å². The zero-order valence-corrected chi connectivity index (χ0v) is 7.05. The third-order valence-electron chi connectivity index (χ3n) is 1.00. The van der Waals surface area contributed by atoms with Crippen molar-refractivity contribution in [2.75, 3.05) is 11.9 Å². The summed E-state index contributed by atoms with van der Waals surface area (Å²) >= 11 is 5.51. The molecule has 0 aliphatic heterocycles. The summed E-state index contributed by atoms with van der Waals surface area (Å²) in [5, 5.41) is 11.7. The molecule has 7 heteroatoms. The molecule has 0 saturated carbocycles. The van der Waals surface area contributed by atoms with Crippen LogP contribution in [0.1, 0.15) is 6.92 Å². The highest BCUT2D eigenvalue weighted by Gasteiger charge is 2.08. The van der Waals surface area contributed by atoms with E-state index in [1.165, 1.54) is 0 Å². The van der Waals surface area contributed by atoms with Crippen LogP contribution in [-0.2, 0) is 4.74 Å². The lowest BCUT2D eigenvalue weighted by atomic mass is 10.7.